The summed E-state index contributed by atoms with van der Waals surface area (Å²) in [6, 6.07) is 2.57. The molecular formula is C16H25N5. The van der Waals surface area contributed by atoms with Gasteiger partial charge in [-0.15, -0.1) is 0 Å². The van der Waals surface area contributed by atoms with Crippen molar-refractivity contribution in [2.45, 2.75) is 39.7 Å². The number of pyridine rings is 1. The van der Waals surface area contributed by atoms with Crippen molar-refractivity contribution in [3.63, 3.8) is 0 Å². The lowest BCUT2D eigenvalue weighted by molar-refractivity contribution is 0.288. The van der Waals surface area contributed by atoms with Crippen LogP contribution >= 0.6 is 0 Å². The van der Waals surface area contributed by atoms with Gasteiger partial charge in [0.15, 0.2) is 5.65 Å². The van der Waals surface area contributed by atoms with Crippen molar-refractivity contribution >= 4 is 16.9 Å². The molecule has 0 saturated carbocycles. The van der Waals surface area contributed by atoms with E-state index in [2.05, 4.69) is 59.2 Å². The van der Waals surface area contributed by atoms with Crippen LogP contribution in [-0.2, 0) is 0 Å². The molecule has 5 heteroatoms. The SMILES string of the molecule is CCC[C@H](CNc1ncnc2nc(C)cc(C)c12)N(C)C. The molecule has 0 spiro atoms. The number of aromatic nitrogens is 3. The summed E-state index contributed by atoms with van der Waals surface area (Å²) < 4.78 is 0. The van der Waals surface area contributed by atoms with Gasteiger partial charge in [-0.25, -0.2) is 15.0 Å². The van der Waals surface area contributed by atoms with Gasteiger partial charge in [0.05, 0.1) is 5.39 Å². The number of nitrogens with zero attached hydrogens (tertiary/aromatic N) is 4. The topological polar surface area (TPSA) is 53.9 Å². The van der Waals surface area contributed by atoms with Crippen molar-refractivity contribution < 1.29 is 0 Å². The molecule has 0 saturated heterocycles. The van der Waals surface area contributed by atoms with E-state index in [4.69, 9.17) is 0 Å². The lowest BCUT2D eigenvalue weighted by atomic mass is 10.1. The number of hydrogen-bond donors (Lipinski definition) is 1. The highest BCUT2D eigenvalue weighted by Crippen LogP contribution is 2.22. The van der Waals surface area contributed by atoms with E-state index in [1.807, 2.05) is 6.92 Å². The monoisotopic (exact) mass is 287 g/mol. The number of nitrogens with one attached hydrogen (secondary N) is 1. The summed E-state index contributed by atoms with van der Waals surface area (Å²) in [5.74, 6) is 0.882. The van der Waals surface area contributed by atoms with E-state index in [9.17, 15) is 0 Å². The molecule has 2 rings (SSSR count). The second-order valence-corrected chi connectivity index (χ2v) is 5.79. The van der Waals surface area contributed by atoms with E-state index < -0.39 is 0 Å². The molecule has 21 heavy (non-hydrogen) atoms. The molecule has 0 fully saturated rings. The van der Waals surface area contributed by atoms with Gasteiger partial charge in [0, 0.05) is 18.3 Å². The average molecular weight is 287 g/mol. The molecule has 1 N–H and O–H groups in total. The number of aryl methyl sites for hydroxylation is 2. The Bertz CT molecular complexity index is 609. The van der Waals surface area contributed by atoms with Crippen molar-refractivity contribution in [3.8, 4) is 0 Å². The zero-order chi connectivity index (χ0) is 15.4. The second-order valence-electron chi connectivity index (χ2n) is 5.79. The van der Waals surface area contributed by atoms with E-state index in [1.165, 1.54) is 12.8 Å². The van der Waals surface area contributed by atoms with Gasteiger partial charge >= 0.3 is 0 Å². The Morgan fingerprint density at radius 3 is 2.67 bits per heavy atom. The summed E-state index contributed by atoms with van der Waals surface area (Å²) in [6.07, 6.45) is 3.93. The van der Waals surface area contributed by atoms with Gasteiger partial charge in [-0.1, -0.05) is 13.3 Å². The zero-order valence-electron chi connectivity index (χ0n) is 13.6. The van der Waals surface area contributed by atoms with E-state index in [0.29, 0.717) is 6.04 Å². The molecule has 1 atom stereocenters. The lowest BCUT2D eigenvalue weighted by Gasteiger charge is -2.24. The maximum absolute atomic E-state index is 4.49. The minimum Gasteiger partial charge on any atom is -0.368 e. The summed E-state index contributed by atoms with van der Waals surface area (Å²) in [7, 11) is 4.24. The fourth-order valence-corrected chi connectivity index (χ4v) is 2.63. The van der Waals surface area contributed by atoms with Crippen molar-refractivity contribution in [1.82, 2.24) is 19.9 Å². The number of hydrogen-bond acceptors (Lipinski definition) is 5. The predicted molar refractivity (Wildman–Crippen MR) is 87.7 cm³/mol. The first-order chi connectivity index (χ1) is 10.0. The standard InChI is InChI=1S/C16H25N5/c1-6-7-13(21(4)5)9-17-15-14-11(2)8-12(3)20-16(14)19-10-18-15/h8,10,13H,6-7,9H2,1-5H3,(H,17,18,19,20)/t13-/m1/s1. The third-order valence-corrected chi connectivity index (χ3v) is 3.79. The number of likely N-dealkylation sites (N-methyl/N-ethyl adjacent to an activating group) is 1. The van der Waals surface area contributed by atoms with Crippen molar-refractivity contribution in [2.75, 3.05) is 26.0 Å². The third kappa shape index (κ3) is 3.67. The van der Waals surface area contributed by atoms with Crippen LogP contribution in [0.4, 0.5) is 5.82 Å². The molecule has 0 radical (unpaired) electrons. The minimum atomic E-state index is 0.499. The Hall–Kier alpha value is -1.75. The number of anilines is 1. The van der Waals surface area contributed by atoms with Crippen LogP contribution in [0.5, 0.6) is 0 Å². The molecule has 0 unspecified atom stereocenters. The van der Waals surface area contributed by atoms with Crippen LogP contribution in [0.15, 0.2) is 12.4 Å². The largest absolute Gasteiger partial charge is 0.368 e. The van der Waals surface area contributed by atoms with E-state index in [-0.39, 0.29) is 0 Å². The molecule has 0 aliphatic carbocycles. The molecule has 2 aromatic heterocycles. The van der Waals surface area contributed by atoms with E-state index in [1.54, 1.807) is 6.33 Å². The molecule has 2 aromatic rings. The smallest absolute Gasteiger partial charge is 0.165 e. The molecular weight excluding hydrogens is 262 g/mol. The van der Waals surface area contributed by atoms with Gasteiger partial charge in [0.2, 0.25) is 0 Å². The first-order valence-corrected chi connectivity index (χ1v) is 7.52. The van der Waals surface area contributed by atoms with Crippen molar-refractivity contribution in [1.29, 1.82) is 0 Å². The average Bonchev–Trinajstić information content (AvgIpc) is 2.42. The maximum Gasteiger partial charge on any atom is 0.165 e. The van der Waals surface area contributed by atoms with Gasteiger partial charge < -0.3 is 10.2 Å². The van der Waals surface area contributed by atoms with Crippen molar-refractivity contribution in [2.24, 2.45) is 0 Å². The Morgan fingerprint density at radius 1 is 1.24 bits per heavy atom. The summed E-state index contributed by atoms with van der Waals surface area (Å²) in [4.78, 5) is 15.5. The fraction of sp³-hybridized carbons (Fsp3) is 0.562. The predicted octanol–water partition coefficient (Wildman–Crippen LogP) is 2.78. The Labute approximate surface area is 126 Å². The first kappa shape index (κ1) is 15.6. The maximum atomic E-state index is 4.49. The van der Waals surface area contributed by atoms with E-state index in [0.717, 1.165) is 34.7 Å². The molecule has 0 aromatic carbocycles. The highest BCUT2D eigenvalue weighted by Gasteiger charge is 2.13. The third-order valence-electron chi connectivity index (χ3n) is 3.79. The zero-order valence-corrected chi connectivity index (χ0v) is 13.6. The van der Waals surface area contributed by atoms with Crippen LogP contribution in [0.3, 0.4) is 0 Å². The van der Waals surface area contributed by atoms with Gasteiger partial charge in [0.25, 0.3) is 0 Å². The normalized spacial score (nSPS) is 12.9. The van der Waals surface area contributed by atoms with Crippen LogP contribution in [0.2, 0.25) is 0 Å². The van der Waals surface area contributed by atoms with Crippen LogP contribution in [0.25, 0.3) is 11.0 Å². The summed E-state index contributed by atoms with van der Waals surface area (Å²) in [5, 5.41) is 4.51. The quantitative estimate of drug-likeness (QED) is 0.885. The summed E-state index contributed by atoms with van der Waals surface area (Å²) in [5.41, 5.74) is 2.92. The van der Waals surface area contributed by atoms with Gasteiger partial charge in [0.1, 0.15) is 12.1 Å². The molecule has 0 bridgehead atoms. The van der Waals surface area contributed by atoms with Crippen molar-refractivity contribution in [3.05, 3.63) is 23.7 Å². The summed E-state index contributed by atoms with van der Waals surface area (Å²) in [6.45, 7) is 7.17. The summed E-state index contributed by atoms with van der Waals surface area (Å²) >= 11 is 0. The van der Waals surface area contributed by atoms with Gasteiger partial charge in [-0.3, -0.25) is 0 Å². The van der Waals surface area contributed by atoms with Gasteiger partial charge in [-0.05, 0) is 46.0 Å². The number of fused-ring (bicyclic) bond motifs is 1. The Kier molecular flexibility index (Phi) is 5.07. The first-order valence-electron chi connectivity index (χ1n) is 7.52. The van der Waals surface area contributed by atoms with E-state index >= 15 is 0 Å². The second kappa shape index (κ2) is 6.80. The minimum absolute atomic E-state index is 0.499. The van der Waals surface area contributed by atoms with Gasteiger partial charge in [-0.2, -0.15) is 0 Å². The van der Waals surface area contributed by atoms with Crippen LogP contribution in [-0.4, -0.2) is 46.5 Å². The van der Waals surface area contributed by atoms with Crippen LogP contribution in [0, 0.1) is 13.8 Å². The highest BCUT2D eigenvalue weighted by atomic mass is 15.1. The highest BCUT2D eigenvalue weighted by molar-refractivity contribution is 5.89. The molecule has 5 nitrogen and oxygen atoms in total. The molecule has 0 aliphatic heterocycles. The molecule has 2 heterocycles. The molecule has 0 aliphatic rings. The fourth-order valence-electron chi connectivity index (χ4n) is 2.63. The van der Waals surface area contributed by atoms with Crippen LogP contribution in [0.1, 0.15) is 31.0 Å². The molecule has 114 valence electrons. The Balaban J connectivity index is 2.26. The number of rotatable bonds is 6. The molecule has 0 amide bonds. The Morgan fingerprint density at radius 2 is 2.00 bits per heavy atom. The van der Waals surface area contributed by atoms with Crippen LogP contribution < -0.4 is 5.32 Å². The lowest BCUT2D eigenvalue weighted by Crippen LogP contribution is -2.34.